The Morgan fingerprint density at radius 3 is 2.59 bits per heavy atom. The van der Waals surface area contributed by atoms with Crippen molar-refractivity contribution in [1.29, 1.82) is 0 Å². The molecule has 2 N–H and O–H groups in total. The third kappa shape index (κ3) is 3.13. The summed E-state index contributed by atoms with van der Waals surface area (Å²) in [7, 11) is 0. The van der Waals surface area contributed by atoms with E-state index in [9.17, 15) is 9.18 Å². The number of nitrogens with zero attached hydrogens (tertiary/aromatic N) is 6. The molecule has 2 aromatic heterocycles. The van der Waals surface area contributed by atoms with Gasteiger partial charge in [-0.2, -0.15) is 0 Å². The average molecular weight is 305 g/mol. The number of rotatable bonds is 3. The zero-order valence-corrected chi connectivity index (χ0v) is 11.9. The SMILES string of the molecule is Nc1ncn(CC(=O)N2CCN(c3ccc(F)cn3)CC2)n1. The van der Waals surface area contributed by atoms with Crippen LogP contribution in [-0.4, -0.2) is 56.7 Å². The number of carbonyl (C=O) groups is 1. The summed E-state index contributed by atoms with van der Waals surface area (Å²) in [4.78, 5) is 23.8. The van der Waals surface area contributed by atoms with Crippen molar-refractivity contribution in [1.82, 2.24) is 24.6 Å². The summed E-state index contributed by atoms with van der Waals surface area (Å²) in [5.74, 6) is 0.485. The summed E-state index contributed by atoms with van der Waals surface area (Å²) < 4.78 is 14.3. The van der Waals surface area contributed by atoms with Gasteiger partial charge in [-0.25, -0.2) is 19.0 Å². The highest BCUT2D eigenvalue weighted by Gasteiger charge is 2.22. The standard InChI is InChI=1S/C13H16FN7O/c14-10-1-2-11(16-7-10)19-3-5-20(6-4-19)12(22)8-21-9-17-13(15)18-21/h1-2,7,9H,3-6,8H2,(H2,15,18). The molecule has 0 bridgehead atoms. The molecule has 1 aliphatic heterocycles. The van der Waals surface area contributed by atoms with Gasteiger partial charge in [-0.3, -0.25) is 4.79 Å². The fraction of sp³-hybridized carbons (Fsp3) is 0.385. The number of carbonyl (C=O) groups excluding carboxylic acids is 1. The zero-order valence-electron chi connectivity index (χ0n) is 11.9. The van der Waals surface area contributed by atoms with E-state index in [2.05, 4.69) is 15.1 Å². The molecule has 1 fully saturated rings. The van der Waals surface area contributed by atoms with E-state index in [1.165, 1.54) is 23.3 Å². The molecule has 0 aromatic carbocycles. The minimum Gasteiger partial charge on any atom is -0.367 e. The van der Waals surface area contributed by atoms with Gasteiger partial charge >= 0.3 is 0 Å². The number of amides is 1. The normalized spacial score (nSPS) is 15.1. The Balaban J connectivity index is 1.54. The molecule has 22 heavy (non-hydrogen) atoms. The van der Waals surface area contributed by atoms with Gasteiger partial charge in [0, 0.05) is 26.2 Å². The molecule has 3 rings (SSSR count). The fourth-order valence-corrected chi connectivity index (χ4v) is 2.36. The van der Waals surface area contributed by atoms with Crippen molar-refractivity contribution in [2.75, 3.05) is 36.8 Å². The fourth-order valence-electron chi connectivity index (χ4n) is 2.36. The third-order valence-electron chi connectivity index (χ3n) is 3.52. The molecule has 0 spiro atoms. The van der Waals surface area contributed by atoms with Gasteiger partial charge in [-0.1, -0.05) is 0 Å². The molecule has 0 atom stereocenters. The van der Waals surface area contributed by atoms with Crippen LogP contribution in [0, 0.1) is 5.82 Å². The van der Waals surface area contributed by atoms with Gasteiger partial charge in [0.05, 0.1) is 6.20 Å². The van der Waals surface area contributed by atoms with E-state index >= 15 is 0 Å². The number of piperazine rings is 1. The van der Waals surface area contributed by atoms with Crippen LogP contribution in [0.4, 0.5) is 16.2 Å². The Labute approximate surface area is 126 Å². The Kier molecular flexibility index (Phi) is 3.86. The van der Waals surface area contributed by atoms with Crippen LogP contribution in [0.25, 0.3) is 0 Å². The Bertz CT molecular complexity index is 649. The van der Waals surface area contributed by atoms with E-state index in [0.29, 0.717) is 26.2 Å². The van der Waals surface area contributed by atoms with Gasteiger partial charge in [-0.05, 0) is 12.1 Å². The van der Waals surface area contributed by atoms with Gasteiger partial charge < -0.3 is 15.5 Å². The van der Waals surface area contributed by atoms with Crippen molar-refractivity contribution in [2.45, 2.75) is 6.54 Å². The van der Waals surface area contributed by atoms with Gasteiger partial charge in [0.2, 0.25) is 11.9 Å². The van der Waals surface area contributed by atoms with Gasteiger partial charge in [0.1, 0.15) is 24.5 Å². The number of anilines is 2. The number of hydrogen-bond donors (Lipinski definition) is 1. The van der Waals surface area contributed by atoms with Crippen molar-refractivity contribution in [3.8, 4) is 0 Å². The molecule has 1 saturated heterocycles. The second kappa shape index (κ2) is 5.96. The van der Waals surface area contributed by atoms with Crippen LogP contribution < -0.4 is 10.6 Å². The van der Waals surface area contributed by atoms with Gasteiger partial charge in [-0.15, -0.1) is 5.10 Å². The maximum Gasteiger partial charge on any atom is 0.244 e. The van der Waals surface area contributed by atoms with Crippen molar-refractivity contribution in [3.63, 3.8) is 0 Å². The Morgan fingerprint density at radius 2 is 2.00 bits per heavy atom. The lowest BCUT2D eigenvalue weighted by Crippen LogP contribution is -2.49. The lowest BCUT2D eigenvalue weighted by molar-refractivity contribution is -0.132. The van der Waals surface area contributed by atoms with Crippen LogP contribution in [0.2, 0.25) is 0 Å². The Morgan fingerprint density at radius 1 is 1.23 bits per heavy atom. The summed E-state index contributed by atoms with van der Waals surface area (Å²) in [6.07, 6.45) is 2.63. The molecule has 2 aromatic rings. The maximum atomic E-state index is 12.9. The molecule has 1 aliphatic rings. The molecule has 0 aliphatic carbocycles. The van der Waals surface area contributed by atoms with Crippen LogP contribution in [0.1, 0.15) is 0 Å². The van der Waals surface area contributed by atoms with E-state index in [4.69, 9.17) is 5.73 Å². The average Bonchev–Trinajstić information content (AvgIpc) is 2.93. The van der Waals surface area contributed by atoms with Gasteiger partial charge in [0.15, 0.2) is 0 Å². The molecule has 0 unspecified atom stereocenters. The first kappa shape index (κ1) is 14.2. The van der Waals surface area contributed by atoms with Gasteiger partial charge in [0.25, 0.3) is 0 Å². The summed E-state index contributed by atoms with van der Waals surface area (Å²) in [6.45, 7) is 2.61. The van der Waals surface area contributed by atoms with Crippen LogP contribution in [0.15, 0.2) is 24.7 Å². The second-order valence-electron chi connectivity index (χ2n) is 5.00. The number of nitrogen functional groups attached to an aromatic ring is 1. The number of nitrogens with two attached hydrogens (primary N) is 1. The highest BCUT2D eigenvalue weighted by molar-refractivity contribution is 5.76. The first-order chi connectivity index (χ1) is 10.6. The third-order valence-corrected chi connectivity index (χ3v) is 3.52. The van der Waals surface area contributed by atoms with Crippen LogP contribution in [0.5, 0.6) is 0 Å². The van der Waals surface area contributed by atoms with Crippen LogP contribution >= 0.6 is 0 Å². The minimum atomic E-state index is -0.357. The second-order valence-corrected chi connectivity index (χ2v) is 5.00. The summed E-state index contributed by atoms with van der Waals surface area (Å²) in [6, 6.07) is 3.03. The molecule has 3 heterocycles. The predicted molar refractivity (Wildman–Crippen MR) is 77.4 cm³/mol. The van der Waals surface area contributed by atoms with Crippen molar-refractivity contribution >= 4 is 17.7 Å². The summed E-state index contributed by atoms with van der Waals surface area (Å²) >= 11 is 0. The lowest BCUT2D eigenvalue weighted by atomic mass is 10.3. The Hall–Kier alpha value is -2.71. The molecule has 9 heteroatoms. The number of hydrogen-bond acceptors (Lipinski definition) is 6. The molecule has 8 nitrogen and oxygen atoms in total. The molecule has 0 radical (unpaired) electrons. The smallest absolute Gasteiger partial charge is 0.244 e. The first-order valence-electron chi connectivity index (χ1n) is 6.91. The van der Waals surface area contributed by atoms with E-state index < -0.39 is 0 Å². The molecule has 1 amide bonds. The monoisotopic (exact) mass is 305 g/mol. The minimum absolute atomic E-state index is 0.0309. The maximum absolute atomic E-state index is 12.9. The van der Waals surface area contributed by atoms with E-state index in [1.54, 1.807) is 11.0 Å². The van der Waals surface area contributed by atoms with Crippen molar-refractivity contribution in [3.05, 3.63) is 30.5 Å². The first-order valence-corrected chi connectivity index (χ1v) is 6.91. The van der Waals surface area contributed by atoms with E-state index in [1.807, 2.05) is 4.90 Å². The van der Waals surface area contributed by atoms with Crippen molar-refractivity contribution < 1.29 is 9.18 Å². The van der Waals surface area contributed by atoms with E-state index in [0.717, 1.165) is 5.82 Å². The number of halogens is 1. The predicted octanol–water partition coefficient (Wildman–Crippen LogP) is -0.257. The lowest BCUT2D eigenvalue weighted by Gasteiger charge is -2.35. The van der Waals surface area contributed by atoms with E-state index in [-0.39, 0.29) is 24.2 Å². The summed E-state index contributed by atoms with van der Waals surface area (Å²) in [5.41, 5.74) is 5.42. The molecular formula is C13H16FN7O. The largest absolute Gasteiger partial charge is 0.367 e. The topological polar surface area (TPSA) is 93.2 Å². The number of pyridine rings is 1. The highest BCUT2D eigenvalue weighted by atomic mass is 19.1. The molecule has 0 saturated carbocycles. The van der Waals surface area contributed by atoms with Crippen LogP contribution in [-0.2, 0) is 11.3 Å². The molecular weight excluding hydrogens is 289 g/mol. The number of aromatic nitrogens is 4. The summed E-state index contributed by atoms with van der Waals surface area (Å²) in [5, 5.41) is 3.90. The molecule has 116 valence electrons. The van der Waals surface area contributed by atoms with Crippen LogP contribution in [0.3, 0.4) is 0 Å². The van der Waals surface area contributed by atoms with Crippen molar-refractivity contribution in [2.24, 2.45) is 0 Å². The highest BCUT2D eigenvalue weighted by Crippen LogP contribution is 2.13. The zero-order chi connectivity index (χ0) is 15.5. The quantitative estimate of drug-likeness (QED) is 0.840.